The average Bonchev–Trinajstić information content (AvgIpc) is 2.89. The van der Waals surface area contributed by atoms with Crippen molar-refractivity contribution in [2.24, 2.45) is 0 Å². The predicted octanol–water partition coefficient (Wildman–Crippen LogP) is 2.00. The molecule has 0 aliphatic heterocycles. The monoisotopic (exact) mass is 261 g/mol. The normalized spacial score (nSPS) is 10.4. The van der Waals surface area contributed by atoms with E-state index in [0.717, 1.165) is 25.2 Å². The van der Waals surface area contributed by atoms with Gasteiger partial charge in [-0.15, -0.1) is 5.10 Å². The smallest absolute Gasteiger partial charge is 0.274 e. The van der Waals surface area contributed by atoms with Crippen LogP contribution >= 0.6 is 0 Å². The van der Waals surface area contributed by atoms with Crippen molar-refractivity contribution in [2.75, 3.05) is 11.9 Å². The number of nitrogens with zero attached hydrogens (tertiary/aromatic N) is 4. The summed E-state index contributed by atoms with van der Waals surface area (Å²) in [5.41, 5.74) is 1.60. The number of rotatable bonds is 6. The Labute approximate surface area is 110 Å². The fourth-order valence-electron chi connectivity index (χ4n) is 1.83. The van der Waals surface area contributed by atoms with Gasteiger partial charge in [0, 0.05) is 36.6 Å². The van der Waals surface area contributed by atoms with E-state index in [1.165, 1.54) is 6.07 Å². The third-order valence-electron chi connectivity index (χ3n) is 2.85. The number of aromatic nitrogens is 3. The minimum Gasteiger partial charge on any atom is -0.385 e. The van der Waals surface area contributed by atoms with E-state index >= 15 is 0 Å². The number of benzene rings is 1. The predicted molar refractivity (Wildman–Crippen MR) is 71.0 cm³/mol. The standard InChI is InChI=1S/C12H15N5O2/c1-10-11(4-2-5-12(10)17(18)19)13-6-3-8-16-9-7-14-15-16/h2,4-5,7,9,13H,3,6,8H2,1H3. The molecule has 0 fully saturated rings. The van der Waals surface area contributed by atoms with E-state index in [9.17, 15) is 10.1 Å². The van der Waals surface area contributed by atoms with E-state index in [0.29, 0.717) is 5.56 Å². The lowest BCUT2D eigenvalue weighted by molar-refractivity contribution is -0.385. The van der Waals surface area contributed by atoms with E-state index in [4.69, 9.17) is 0 Å². The first-order valence-corrected chi connectivity index (χ1v) is 6.00. The van der Waals surface area contributed by atoms with Crippen molar-refractivity contribution in [3.63, 3.8) is 0 Å². The molecule has 2 aromatic rings. The Balaban J connectivity index is 1.89. The van der Waals surface area contributed by atoms with Crippen LogP contribution in [0.25, 0.3) is 0 Å². The van der Waals surface area contributed by atoms with Gasteiger partial charge in [-0.2, -0.15) is 0 Å². The molecule has 0 radical (unpaired) electrons. The van der Waals surface area contributed by atoms with Crippen LogP contribution in [0.1, 0.15) is 12.0 Å². The summed E-state index contributed by atoms with van der Waals surface area (Å²) >= 11 is 0. The van der Waals surface area contributed by atoms with Gasteiger partial charge in [-0.3, -0.25) is 14.8 Å². The molecule has 0 spiro atoms. The number of hydrogen-bond acceptors (Lipinski definition) is 5. The van der Waals surface area contributed by atoms with Crippen LogP contribution in [-0.2, 0) is 6.54 Å². The molecule has 19 heavy (non-hydrogen) atoms. The second kappa shape index (κ2) is 5.94. The first kappa shape index (κ1) is 13.0. The Kier molecular flexibility index (Phi) is 4.07. The number of aryl methyl sites for hydroxylation is 1. The first-order chi connectivity index (χ1) is 9.18. The lowest BCUT2D eigenvalue weighted by Crippen LogP contribution is -2.08. The SMILES string of the molecule is Cc1c(NCCCn2ccnn2)cccc1[N+](=O)[O-]. The van der Waals surface area contributed by atoms with Gasteiger partial charge in [-0.1, -0.05) is 11.3 Å². The highest BCUT2D eigenvalue weighted by Crippen LogP contribution is 2.24. The zero-order chi connectivity index (χ0) is 13.7. The van der Waals surface area contributed by atoms with Gasteiger partial charge in [0.1, 0.15) is 0 Å². The second-order valence-corrected chi connectivity index (χ2v) is 4.15. The Bertz CT molecular complexity index is 553. The zero-order valence-electron chi connectivity index (χ0n) is 10.6. The summed E-state index contributed by atoms with van der Waals surface area (Å²) in [6.07, 6.45) is 4.31. The lowest BCUT2D eigenvalue weighted by Gasteiger charge is -2.09. The highest BCUT2D eigenvalue weighted by molar-refractivity contribution is 5.59. The van der Waals surface area contributed by atoms with Crippen molar-refractivity contribution in [3.05, 3.63) is 46.3 Å². The van der Waals surface area contributed by atoms with Crippen molar-refractivity contribution in [2.45, 2.75) is 19.9 Å². The molecule has 2 rings (SSSR count). The van der Waals surface area contributed by atoms with Crippen molar-refractivity contribution in [1.29, 1.82) is 0 Å². The molecule has 0 saturated heterocycles. The van der Waals surface area contributed by atoms with Gasteiger partial charge in [0.05, 0.1) is 11.1 Å². The van der Waals surface area contributed by atoms with Crippen LogP contribution in [0.15, 0.2) is 30.6 Å². The van der Waals surface area contributed by atoms with Crippen molar-refractivity contribution < 1.29 is 4.92 Å². The fraction of sp³-hybridized carbons (Fsp3) is 0.333. The molecule has 1 aromatic heterocycles. The Morgan fingerprint density at radius 1 is 1.47 bits per heavy atom. The Morgan fingerprint density at radius 3 is 3.00 bits per heavy atom. The number of nitro benzene ring substituents is 1. The summed E-state index contributed by atoms with van der Waals surface area (Å²) in [4.78, 5) is 10.5. The van der Waals surface area contributed by atoms with Crippen LogP contribution in [0.5, 0.6) is 0 Å². The quantitative estimate of drug-likeness (QED) is 0.488. The van der Waals surface area contributed by atoms with Gasteiger partial charge < -0.3 is 5.32 Å². The molecule has 0 saturated carbocycles. The summed E-state index contributed by atoms with van der Waals surface area (Å²) in [7, 11) is 0. The molecule has 0 aliphatic rings. The summed E-state index contributed by atoms with van der Waals surface area (Å²) in [5, 5.41) is 21.6. The van der Waals surface area contributed by atoms with Crippen LogP contribution < -0.4 is 5.32 Å². The van der Waals surface area contributed by atoms with Crippen LogP contribution in [0.4, 0.5) is 11.4 Å². The van der Waals surface area contributed by atoms with Crippen LogP contribution in [0.2, 0.25) is 0 Å². The molecular weight excluding hydrogens is 246 g/mol. The van der Waals surface area contributed by atoms with Gasteiger partial charge in [0.15, 0.2) is 0 Å². The molecule has 1 heterocycles. The number of hydrogen-bond donors (Lipinski definition) is 1. The molecule has 0 aliphatic carbocycles. The molecular formula is C12H15N5O2. The van der Waals surface area contributed by atoms with E-state index in [-0.39, 0.29) is 10.6 Å². The van der Waals surface area contributed by atoms with Gasteiger partial charge in [0.2, 0.25) is 0 Å². The maximum atomic E-state index is 10.8. The number of nitrogens with one attached hydrogen (secondary N) is 1. The van der Waals surface area contributed by atoms with Gasteiger partial charge in [-0.25, -0.2) is 0 Å². The van der Waals surface area contributed by atoms with Gasteiger partial charge >= 0.3 is 0 Å². The van der Waals surface area contributed by atoms with Crippen LogP contribution in [0, 0.1) is 17.0 Å². The minimum atomic E-state index is -0.365. The fourth-order valence-corrected chi connectivity index (χ4v) is 1.83. The molecule has 7 heteroatoms. The molecule has 0 amide bonds. The minimum absolute atomic E-state index is 0.140. The molecule has 100 valence electrons. The van der Waals surface area contributed by atoms with E-state index < -0.39 is 0 Å². The Hall–Kier alpha value is -2.44. The largest absolute Gasteiger partial charge is 0.385 e. The van der Waals surface area contributed by atoms with E-state index in [1.807, 2.05) is 6.07 Å². The summed E-state index contributed by atoms with van der Waals surface area (Å²) in [5.74, 6) is 0. The van der Waals surface area contributed by atoms with Gasteiger partial charge in [-0.05, 0) is 19.4 Å². The zero-order valence-corrected chi connectivity index (χ0v) is 10.6. The summed E-state index contributed by atoms with van der Waals surface area (Å²) in [6, 6.07) is 5.04. The number of nitro groups is 1. The second-order valence-electron chi connectivity index (χ2n) is 4.15. The van der Waals surface area contributed by atoms with Gasteiger partial charge in [0.25, 0.3) is 5.69 Å². The maximum absolute atomic E-state index is 10.8. The third kappa shape index (κ3) is 3.27. The number of anilines is 1. The molecule has 0 bridgehead atoms. The molecule has 0 atom stereocenters. The van der Waals surface area contributed by atoms with E-state index in [2.05, 4.69) is 15.6 Å². The van der Waals surface area contributed by atoms with E-state index in [1.54, 1.807) is 30.1 Å². The topological polar surface area (TPSA) is 85.9 Å². The summed E-state index contributed by atoms with van der Waals surface area (Å²) < 4.78 is 1.75. The third-order valence-corrected chi connectivity index (χ3v) is 2.85. The molecule has 1 aromatic carbocycles. The first-order valence-electron chi connectivity index (χ1n) is 6.00. The highest BCUT2D eigenvalue weighted by Gasteiger charge is 2.12. The highest BCUT2D eigenvalue weighted by atomic mass is 16.6. The molecule has 1 N–H and O–H groups in total. The van der Waals surface area contributed by atoms with Crippen LogP contribution in [0.3, 0.4) is 0 Å². The lowest BCUT2D eigenvalue weighted by atomic mass is 10.1. The molecule has 0 unspecified atom stereocenters. The molecule has 7 nitrogen and oxygen atoms in total. The van der Waals surface area contributed by atoms with Crippen LogP contribution in [-0.4, -0.2) is 26.5 Å². The summed E-state index contributed by atoms with van der Waals surface area (Å²) in [6.45, 7) is 3.24. The maximum Gasteiger partial charge on any atom is 0.274 e. The van der Waals surface area contributed by atoms with Crippen molar-refractivity contribution in [1.82, 2.24) is 15.0 Å². The van der Waals surface area contributed by atoms with Crippen molar-refractivity contribution >= 4 is 11.4 Å². The Morgan fingerprint density at radius 2 is 2.32 bits per heavy atom. The average molecular weight is 261 g/mol. The van der Waals surface area contributed by atoms with Crippen molar-refractivity contribution in [3.8, 4) is 0 Å².